The molecule has 0 saturated heterocycles. The number of H-pyrrole nitrogens is 1. The maximum atomic E-state index is 3.93. The molecule has 1 N–H and O–H groups in total. The lowest BCUT2D eigenvalue weighted by Gasteiger charge is -2.06. The van der Waals surface area contributed by atoms with Gasteiger partial charge in [0, 0.05) is 24.9 Å². The van der Waals surface area contributed by atoms with E-state index in [0.717, 1.165) is 13.0 Å². The molecule has 64 valence electrons. The first-order chi connectivity index (χ1) is 4.79. The topological polar surface area (TPSA) is 31.9 Å². The second-order valence-corrected chi connectivity index (χ2v) is 2.63. The van der Waals surface area contributed by atoms with Crippen molar-refractivity contribution in [2.75, 3.05) is 20.6 Å². The van der Waals surface area contributed by atoms with Crippen molar-refractivity contribution in [2.45, 2.75) is 6.42 Å². The molecule has 0 amide bonds. The predicted molar refractivity (Wildman–Crippen MR) is 48.1 cm³/mol. The molecule has 0 bridgehead atoms. The van der Waals surface area contributed by atoms with E-state index in [1.165, 1.54) is 5.69 Å². The zero-order chi connectivity index (χ0) is 7.40. The molecule has 11 heavy (non-hydrogen) atoms. The third kappa shape index (κ3) is 4.01. The Hall–Kier alpha value is -0.540. The van der Waals surface area contributed by atoms with Gasteiger partial charge in [0.25, 0.3) is 0 Å². The molecule has 1 aromatic rings. The van der Waals surface area contributed by atoms with Gasteiger partial charge in [0.1, 0.15) is 0 Å². The molecule has 1 heterocycles. The Bertz CT molecular complexity index is 172. The van der Waals surface area contributed by atoms with E-state index in [4.69, 9.17) is 0 Å². The highest BCUT2D eigenvalue weighted by molar-refractivity contribution is 5.85. The summed E-state index contributed by atoms with van der Waals surface area (Å²) in [5, 5.41) is 0. The van der Waals surface area contributed by atoms with Gasteiger partial charge in [-0.3, -0.25) is 0 Å². The molecule has 4 heteroatoms. The molecular formula is C7H14ClN3. The minimum Gasteiger partial charge on any atom is -0.348 e. The minimum atomic E-state index is 0. The smallest absolute Gasteiger partial charge is 0.0921 e. The summed E-state index contributed by atoms with van der Waals surface area (Å²) in [6.07, 6.45) is 4.63. The van der Waals surface area contributed by atoms with Crippen molar-refractivity contribution in [3.05, 3.63) is 18.2 Å². The van der Waals surface area contributed by atoms with Crippen LogP contribution in [0.1, 0.15) is 5.69 Å². The molecule has 0 aliphatic rings. The average Bonchev–Trinajstić information content (AvgIpc) is 2.34. The fourth-order valence-corrected chi connectivity index (χ4v) is 0.765. The van der Waals surface area contributed by atoms with E-state index in [9.17, 15) is 0 Å². The second kappa shape index (κ2) is 5.16. The highest BCUT2D eigenvalue weighted by atomic mass is 35.5. The zero-order valence-corrected chi connectivity index (χ0v) is 7.69. The first-order valence-electron chi connectivity index (χ1n) is 3.41. The lowest BCUT2D eigenvalue weighted by Crippen LogP contribution is -2.15. The van der Waals surface area contributed by atoms with Gasteiger partial charge in [0.05, 0.1) is 6.33 Å². The highest BCUT2D eigenvalue weighted by Gasteiger charge is 1.93. The van der Waals surface area contributed by atoms with Gasteiger partial charge < -0.3 is 9.88 Å². The van der Waals surface area contributed by atoms with E-state index in [1.54, 1.807) is 6.33 Å². The second-order valence-electron chi connectivity index (χ2n) is 2.63. The lowest BCUT2D eigenvalue weighted by atomic mass is 10.3. The summed E-state index contributed by atoms with van der Waals surface area (Å²) < 4.78 is 0. The van der Waals surface area contributed by atoms with Crippen LogP contribution in [0.25, 0.3) is 0 Å². The monoisotopic (exact) mass is 175 g/mol. The standard InChI is InChI=1S/C7H13N3.ClH/c1-10(2)4-3-7-5-8-6-9-7;/h5-6H,3-4H2,1-2H3,(H,8,9);1H. The molecule has 0 aliphatic carbocycles. The molecule has 3 nitrogen and oxygen atoms in total. The summed E-state index contributed by atoms with van der Waals surface area (Å²) in [5.74, 6) is 0. The fraction of sp³-hybridized carbons (Fsp3) is 0.571. The van der Waals surface area contributed by atoms with Crippen LogP contribution >= 0.6 is 12.4 Å². The molecule has 0 unspecified atom stereocenters. The Morgan fingerprint density at radius 1 is 1.55 bits per heavy atom. The molecule has 1 aromatic heterocycles. The molecule has 0 aliphatic heterocycles. The van der Waals surface area contributed by atoms with E-state index in [2.05, 4.69) is 29.0 Å². The van der Waals surface area contributed by atoms with Gasteiger partial charge in [-0.1, -0.05) is 0 Å². The van der Waals surface area contributed by atoms with Crippen LogP contribution in [-0.2, 0) is 6.42 Å². The van der Waals surface area contributed by atoms with E-state index in [-0.39, 0.29) is 12.4 Å². The maximum Gasteiger partial charge on any atom is 0.0921 e. The van der Waals surface area contributed by atoms with Gasteiger partial charge in [0.2, 0.25) is 0 Å². The summed E-state index contributed by atoms with van der Waals surface area (Å²) >= 11 is 0. The summed E-state index contributed by atoms with van der Waals surface area (Å²) in [5.41, 5.74) is 1.20. The number of halogens is 1. The van der Waals surface area contributed by atoms with E-state index in [1.807, 2.05) is 6.20 Å². The number of hydrogen-bond donors (Lipinski definition) is 1. The third-order valence-electron chi connectivity index (χ3n) is 1.38. The van der Waals surface area contributed by atoms with E-state index < -0.39 is 0 Å². The van der Waals surface area contributed by atoms with Gasteiger partial charge in [0.15, 0.2) is 0 Å². The normalized spacial score (nSPS) is 9.73. The summed E-state index contributed by atoms with van der Waals surface area (Å²) in [6.45, 7) is 1.07. The maximum absolute atomic E-state index is 3.93. The number of aromatic nitrogens is 2. The molecule has 0 atom stereocenters. The van der Waals surface area contributed by atoms with Crippen LogP contribution in [0.4, 0.5) is 0 Å². The van der Waals surface area contributed by atoms with Crippen molar-refractivity contribution < 1.29 is 0 Å². The average molecular weight is 176 g/mol. The molecular weight excluding hydrogens is 162 g/mol. The first-order valence-corrected chi connectivity index (χ1v) is 3.41. The van der Waals surface area contributed by atoms with Gasteiger partial charge in [-0.05, 0) is 14.1 Å². The summed E-state index contributed by atoms with van der Waals surface area (Å²) in [7, 11) is 4.13. The third-order valence-corrected chi connectivity index (χ3v) is 1.38. The van der Waals surface area contributed by atoms with Crippen LogP contribution < -0.4 is 0 Å². The molecule has 0 aromatic carbocycles. The van der Waals surface area contributed by atoms with Crippen molar-refractivity contribution in [3.63, 3.8) is 0 Å². The quantitative estimate of drug-likeness (QED) is 0.742. The van der Waals surface area contributed by atoms with Crippen LogP contribution in [0.2, 0.25) is 0 Å². The number of nitrogens with one attached hydrogen (secondary N) is 1. The van der Waals surface area contributed by atoms with Crippen molar-refractivity contribution >= 4 is 12.4 Å². The van der Waals surface area contributed by atoms with Crippen molar-refractivity contribution in [3.8, 4) is 0 Å². The Labute approximate surface area is 73.2 Å². The number of imidazole rings is 1. The highest BCUT2D eigenvalue weighted by Crippen LogP contribution is 1.92. The Morgan fingerprint density at radius 3 is 2.73 bits per heavy atom. The van der Waals surface area contributed by atoms with Gasteiger partial charge >= 0.3 is 0 Å². The molecule has 0 saturated carbocycles. The lowest BCUT2D eigenvalue weighted by molar-refractivity contribution is 0.412. The number of likely N-dealkylation sites (N-methyl/N-ethyl adjacent to an activating group) is 1. The Morgan fingerprint density at radius 2 is 2.27 bits per heavy atom. The summed E-state index contributed by atoms with van der Waals surface area (Å²) in [6, 6.07) is 0. The summed E-state index contributed by atoms with van der Waals surface area (Å²) in [4.78, 5) is 9.13. The van der Waals surface area contributed by atoms with Crippen LogP contribution in [0.5, 0.6) is 0 Å². The predicted octanol–water partition coefficient (Wildman–Crippen LogP) is 0.936. The molecule has 1 rings (SSSR count). The van der Waals surface area contributed by atoms with Crippen molar-refractivity contribution in [1.29, 1.82) is 0 Å². The Kier molecular flexibility index (Phi) is 4.90. The fourth-order valence-electron chi connectivity index (χ4n) is 0.765. The van der Waals surface area contributed by atoms with Gasteiger partial charge in [-0.15, -0.1) is 12.4 Å². The number of hydrogen-bond acceptors (Lipinski definition) is 2. The van der Waals surface area contributed by atoms with E-state index >= 15 is 0 Å². The number of nitrogens with zero attached hydrogens (tertiary/aromatic N) is 2. The van der Waals surface area contributed by atoms with Gasteiger partial charge in [-0.25, -0.2) is 4.98 Å². The largest absolute Gasteiger partial charge is 0.348 e. The van der Waals surface area contributed by atoms with Gasteiger partial charge in [-0.2, -0.15) is 0 Å². The molecule has 0 spiro atoms. The first kappa shape index (κ1) is 10.5. The number of aromatic amines is 1. The van der Waals surface area contributed by atoms with Crippen LogP contribution in [0, 0.1) is 0 Å². The zero-order valence-electron chi connectivity index (χ0n) is 6.87. The van der Waals surface area contributed by atoms with Crippen LogP contribution in [0.3, 0.4) is 0 Å². The molecule has 0 radical (unpaired) electrons. The van der Waals surface area contributed by atoms with Crippen molar-refractivity contribution in [1.82, 2.24) is 14.9 Å². The van der Waals surface area contributed by atoms with Crippen LogP contribution in [-0.4, -0.2) is 35.5 Å². The van der Waals surface area contributed by atoms with Crippen molar-refractivity contribution in [2.24, 2.45) is 0 Å². The Balaban J connectivity index is 0.000001000. The van der Waals surface area contributed by atoms with Crippen LogP contribution in [0.15, 0.2) is 12.5 Å². The number of rotatable bonds is 3. The van der Waals surface area contributed by atoms with E-state index in [0.29, 0.717) is 0 Å². The molecule has 0 fully saturated rings. The SMILES string of the molecule is CN(C)CCc1cnc[nH]1.Cl. The minimum absolute atomic E-state index is 0.